The molecule has 286 valence electrons. The van der Waals surface area contributed by atoms with Crippen LogP contribution in [-0.2, 0) is 9.57 Å². The molecule has 3 aliphatic heterocycles. The lowest BCUT2D eigenvalue weighted by Gasteiger charge is -2.41. The third kappa shape index (κ3) is 26.2. The third-order valence-electron chi connectivity index (χ3n) is 8.67. The van der Waals surface area contributed by atoms with Crippen molar-refractivity contribution in [3.8, 4) is 0 Å². The molecule has 0 bridgehead atoms. The molecule has 0 aromatic carbocycles. The van der Waals surface area contributed by atoms with E-state index < -0.39 is 0 Å². The van der Waals surface area contributed by atoms with Gasteiger partial charge in [0.2, 0.25) is 6.21 Å². The van der Waals surface area contributed by atoms with Crippen LogP contribution in [0.25, 0.3) is 5.59 Å². The Hall–Kier alpha value is -1.41. The first-order valence-electron chi connectivity index (χ1n) is 17.9. The molecular weight excluding hydrogens is 582 g/mol. The highest BCUT2D eigenvalue weighted by atomic mass is 16.7. The van der Waals surface area contributed by atoms with Crippen LogP contribution in [0.2, 0.25) is 0 Å². The molecule has 1 fully saturated rings. The molecule has 0 amide bonds. The molecular formula is C40H91N5O2+2. The smallest absolute Gasteiger partial charge is 0.202 e. The highest BCUT2D eigenvalue weighted by molar-refractivity contribution is 5.71. The van der Waals surface area contributed by atoms with Crippen molar-refractivity contribution in [3.05, 3.63) is 29.1 Å². The van der Waals surface area contributed by atoms with E-state index in [1.165, 1.54) is 119 Å². The number of hydrogen-bond acceptors (Lipinski definition) is 3. The van der Waals surface area contributed by atoms with Crippen molar-refractivity contribution in [2.45, 2.75) is 142 Å². The van der Waals surface area contributed by atoms with Crippen LogP contribution in [0.4, 0.5) is 0 Å². The number of hydrogen-bond donors (Lipinski definition) is 0. The third-order valence-corrected chi connectivity index (χ3v) is 8.67. The summed E-state index contributed by atoms with van der Waals surface area (Å²) < 4.78 is 9.68. The minimum atomic E-state index is 0. The second-order valence-corrected chi connectivity index (χ2v) is 13.3. The van der Waals surface area contributed by atoms with Gasteiger partial charge >= 0.3 is 0 Å². The predicted molar refractivity (Wildman–Crippen MR) is 215 cm³/mol. The van der Waals surface area contributed by atoms with Gasteiger partial charge in [-0.1, -0.05) is 109 Å². The largest absolute Gasteiger partial charge is 0.501 e. The van der Waals surface area contributed by atoms with Gasteiger partial charge < -0.3 is 23.4 Å². The second-order valence-electron chi connectivity index (χ2n) is 13.3. The van der Waals surface area contributed by atoms with E-state index in [1.807, 2.05) is 0 Å². The minimum absolute atomic E-state index is 0. The molecule has 7 nitrogen and oxygen atoms in total. The molecule has 47 heavy (non-hydrogen) atoms. The van der Waals surface area contributed by atoms with E-state index in [-0.39, 0.29) is 29.7 Å². The first-order valence-corrected chi connectivity index (χ1v) is 17.9. The zero-order chi connectivity index (χ0) is 32.6. The molecule has 0 aromatic rings. The van der Waals surface area contributed by atoms with Crippen molar-refractivity contribution in [2.24, 2.45) is 0 Å². The van der Waals surface area contributed by atoms with Crippen molar-refractivity contribution in [1.82, 2.24) is 4.90 Å². The van der Waals surface area contributed by atoms with Crippen LogP contribution in [0.3, 0.4) is 0 Å². The first-order chi connectivity index (χ1) is 20.5. The molecule has 0 radical (unpaired) electrons. The normalized spacial score (nSPS) is 16.6. The number of quaternary nitrogens is 2. The number of allylic oxidation sites excluding steroid dienone is 1. The van der Waals surface area contributed by atoms with Crippen LogP contribution in [0.1, 0.15) is 142 Å². The van der Waals surface area contributed by atoms with Gasteiger partial charge in [-0.25, -0.2) is 4.68 Å². The van der Waals surface area contributed by atoms with E-state index in [0.717, 1.165) is 26.2 Å². The topological polar surface area (TPSA) is 38.8 Å². The highest BCUT2D eigenvalue weighted by Gasteiger charge is 2.28. The molecule has 3 aliphatic rings. The summed E-state index contributed by atoms with van der Waals surface area (Å²) in [6.45, 7) is 32.5. The molecule has 3 rings (SSSR count). The van der Waals surface area contributed by atoms with Crippen molar-refractivity contribution >= 4 is 6.21 Å². The number of likely N-dealkylation sites (N-methyl/N-ethyl adjacent to an activating group) is 1. The lowest BCUT2D eigenvalue weighted by Crippen LogP contribution is -2.55. The van der Waals surface area contributed by atoms with Crippen LogP contribution >= 0.6 is 0 Å². The maximum atomic E-state index is 5.40. The molecule has 0 spiro atoms. The Balaban J connectivity index is -0.000000163. The van der Waals surface area contributed by atoms with Gasteiger partial charge in [-0.3, -0.25) is 5.59 Å². The molecule has 0 aromatic heterocycles. The summed E-state index contributed by atoms with van der Waals surface area (Å²) in [7, 11) is 6.85. The van der Waals surface area contributed by atoms with Crippen LogP contribution in [-0.4, -0.2) is 118 Å². The fourth-order valence-corrected chi connectivity index (χ4v) is 6.09. The van der Waals surface area contributed by atoms with Gasteiger partial charge in [0.05, 0.1) is 53.5 Å². The standard InChI is InChI=1S/C10H22NO.C10H19N.C9H22N.C7H12N2O.4CH4/c1-3-5-11(6-4-2)7-9-12-10-8-11;1-4-9-6-7-11(3)8-10(9)5-2;1-5-7-9-10(3,4)8-6-2;1-3-4-5-9-6-7(2)10-8-9;;;;/h3-10H2,1-2H3;4-8H2,1-3H3;5-9H2,1-4H3;6H,2-5H2,1H3;4*1H4/q+1;;+1;;;;;. The summed E-state index contributed by atoms with van der Waals surface area (Å²) in [6.07, 6.45) is 14.5. The molecule has 1 saturated heterocycles. The van der Waals surface area contributed by atoms with Crippen LogP contribution in [0.15, 0.2) is 23.5 Å². The first kappa shape index (κ1) is 55.0. The Morgan fingerprint density at radius 3 is 1.79 bits per heavy atom. The molecule has 0 aliphatic carbocycles. The quantitative estimate of drug-likeness (QED) is 0.105. The van der Waals surface area contributed by atoms with Crippen LogP contribution in [0.5, 0.6) is 0 Å². The Kier molecular flexibility index (Phi) is 38.8. The maximum absolute atomic E-state index is 5.40. The summed E-state index contributed by atoms with van der Waals surface area (Å²) in [6, 6.07) is 0. The molecule has 3 heterocycles. The van der Waals surface area contributed by atoms with Crippen LogP contribution < -0.4 is 0 Å². The molecule has 7 heteroatoms. The maximum Gasteiger partial charge on any atom is 0.202 e. The SMILES string of the molecule is C.C.C.C.C=C1C=[N+](CCCC)[N-]O1.CCC1=C(CC)CN(C)CC1.CCCC[N+](C)(C)CCC.CCC[N+]1(CCC)CCOCC1. The number of rotatable bonds is 14. The number of unbranched alkanes of at least 4 members (excludes halogenated alkanes) is 2. The number of morpholine rings is 1. The summed E-state index contributed by atoms with van der Waals surface area (Å²) in [5.41, 5.74) is 7.13. The zero-order valence-corrected chi connectivity index (χ0v) is 30.7. The summed E-state index contributed by atoms with van der Waals surface area (Å²) >= 11 is 0. The van der Waals surface area contributed by atoms with Gasteiger partial charge in [0.15, 0.2) is 5.76 Å². The number of ether oxygens (including phenoxy) is 1. The Labute approximate surface area is 298 Å². The zero-order valence-electron chi connectivity index (χ0n) is 30.7. The number of nitrogens with zero attached hydrogens (tertiary/aromatic N) is 5. The van der Waals surface area contributed by atoms with Crippen LogP contribution in [0, 0.1) is 0 Å². The molecule has 0 unspecified atom stereocenters. The van der Waals surface area contributed by atoms with E-state index in [2.05, 4.69) is 86.7 Å². The van der Waals surface area contributed by atoms with Crippen molar-refractivity contribution in [1.29, 1.82) is 0 Å². The molecule has 0 saturated carbocycles. The van der Waals surface area contributed by atoms with Crippen molar-refractivity contribution < 1.29 is 23.2 Å². The Morgan fingerprint density at radius 2 is 1.36 bits per heavy atom. The van der Waals surface area contributed by atoms with Gasteiger partial charge in [-0.2, -0.15) is 0 Å². The lowest BCUT2D eigenvalue weighted by atomic mass is 9.96. The molecule has 0 atom stereocenters. The fourth-order valence-electron chi connectivity index (χ4n) is 6.09. The summed E-state index contributed by atoms with van der Waals surface area (Å²) in [4.78, 5) is 7.18. The monoisotopic (exact) mass is 674 g/mol. The van der Waals surface area contributed by atoms with E-state index >= 15 is 0 Å². The second kappa shape index (κ2) is 33.1. The summed E-state index contributed by atoms with van der Waals surface area (Å²) in [5, 5.41) is 0. The summed E-state index contributed by atoms with van der Waals surface area (Å²) in [5.74, 6) is 0.621. The van der Waals surface area contributed by atoms with Crippen molar-refractivity contribution in [2.75, 3.05) is 93.3 Å². The van der Waals surface area contributed by atoms with Gasteiger partial charge in [-0.05, 0) is 52.0 Å². The molecule has 0 N–H and O–H groups in total. The minimum Gasteiger partial charge on any atom is -0.501 e. The fraction of sp³-hybridized carbons (Fsp3) is 0.875. The lowest BCUT2D eigenvalue weighted by molar-refractivity contribution is -0.935. The van der Waals surface area contributed by atoms with E-state index in [0.29, 0.717) is 5.76 Å². The predicted octanol–water partition coefficient (Wildman–Crippen LogP) is 10.5. The van der Waals surface area contributed by atoms with E-state index in [9.17, 15) is 0 Å². The highest BCUT2D eigenvalue weighted by Crippen LogP contribution is 2.21. The van der Waals surface area contributed by atoms with E-state index in [1.54, 1.807) is 22.0 Å². The average Bonchev–Trinajstić information content (AvgIpc) is 3.41. The van der Waals surface area contributed by atoms with Gasteiger partial charge in [0.25, 0.3) is 0 Å². The van der Waals surface area contributed by atoms with Gasteiger partial charge in [0.1, 0.15) is 19.6 Å². The van der Waals surface area contributed by atoms with E-state index in [4.69, 9.17) is 9.57 Å². The Morgan fingerprint density at radius 1 is 0.809 bits per heavy atom. The average molecular weight is 674 g/mol. The van der Waals surface area contributed by atoms with Gasteiger partial charge in [0, 0.05) is 19.5 Å². The van der Waals surface area contributed by atoms with Gasteiger partial charge in [-0.15, -0.1) is 0 Å². The Bertz CT molecular complexity index is 757. The van der Waals surface area contributed by atoms with Crippen molar-refractivity contribution in [3.63, 3.8) is 0 Å².